The van der Waals surface area contributed by atoms with E-state index in [0.29, 0.717) is 34.0 Å². The smallest absolute Gasteiger partial charge is 0.277 e. The summed E-state index contributed by atoms with van der Waals surface area (Å²) >= 11 is 0. The number of likely N-dealkylation sites (tertiary alicyclic amines) is 1. The van der Waals surface area contributed by atoms with Gasteiger partial charge in [-0.3, -0.25) is 9.59 Å². The predicted molar refractivity (Wildman–Crippen MR) is 140 cm³/mol. The van der Waals surface area contributed by atoms with Gasteiger partial charge in [-0.05, 0) is 37.0 Å². The topological polar surface area (TPSA) is 108 Å². The Morgan fingerprint density at radius 2 is 1.92 bits per heavy atom. The fourth-order valence-corrected chi connectivity index (χ4v) is 5.35. The van der Waals surface area contributed by atoms with E-state index in [1.165, 1.54) is 6.07 Å². The van der Waals surface area contributed by atoms with Gasteiger partial charge in [0.2, 0.25) is 5.91 Å². The number of β-amino-alcohol motifs (C(OH)–C–C–N with tert-alkyl or cyclic N) is 1. The summed E-state index contributed by atoms with van der Waals surface area (Å²) in [5, 5.41) is 17.7. The third kappa shape index (κ3) is 4.51. The van der Waals surface area contributed by atoms with Crippen molar-refractivity contribution in [3.63, 3.8) is 0 Å². The molecule has 3 aromatic rings. The monoisotopic (exact) mass is 518 g/mol. The number of nitrogens with one attached hydrogen (secondary N) is 1. The van der Waals surface area contributed by atoms with E-state index in [0.717, 1.165) is 0 Å². The molecule has 2 amide bonds. The highest BCUT2D eigenvalue weighted by molar-refractivity contribution is 6.09. The summed E-state index contributed by atoms with van der Waals surface area (Å²) in [5.41, 5.74) is 1.35. The van der Waals surface area contributed by atoms with Crippen molar-refractivity contribution in [1.82, 2.24) is 15.4 Å². The second-order valence-electron chi connectivity index (χ2n) is 10.6. The summed E-state index contributed by atoms with van der Waals surface area (Å²) < 4.78 is 19.7. The van der Waals surface area contributed by atoms with Crippen LogP contribution in [-0.4, -0.2) is 51.5 Å². The van der Waals surface area contributed by atoms with E-state index >= 15 is 0 Å². The molecule has 38 heavy (non-hydrogen) atoms. The number of amidine groups is 1. The lowest BCUT2D eigenvalue weighted by Crippen LogP contribution is -2.51. The van der Waals surface area contributed by atoms with Gasteiger partial charge in [0.25, 0.3) is 5.91 Å². The first-order valence-electron chi connectivity index (χ1n) is 12.8. The number of aromatic nitrogens is 1. The number of aliphatic imine (C=N–C) groups is 1. The Labute approximate surface area is 220 Å². The van der Waals surface area contributed by atoms with Crippen LogP contribution < -0.4 is 5.32 Å². The molecule has 0 saturated carbocycles. The van der Waals surface area contributed by atoms with Crippen molar-refractivity contribution in [2.75, 3.05) is 6.54 Å². The zero-order valence-electron chi connectivity index (χ0n) is 21.8. The molecule has 2 aliphatic rings. The number of rotatable bonds is 6. The lowest BCUT2D eigenvalue weighted by atomic mass is 9.90. The van der Waals surface area contributed by atoms with Gasteiger partial charge in [0.15, 0.2) is 0 Å². The molecule has 0 aliphatic carbocycles. The highest BCUT2D eigenvalue weighted by atomic mass is 19.1. The standard InChI is InChI=1S/C29H31FN4O4/c1-16(2)25(24-13-17(3)33-38-24)27(36)34-15-20(35)14-23(34)26-31-28(37)29(4,32-26)19-11-9-18(10-12-19)21-7-5-6-8-22(21)30/h5-13,16,20,23,25,35H,14-15H2,1-4H3,(H,31,32,37)/t20-,23+,25+,29+/m1/s1. The molecule has 0 radical (unpaired) electrons. The number of halogens is 1. The Morgan fingerprint density at radius 3 is 2.55 bits per heavy atom. The summed E-state index contributed by atoms with van der Waals surface area (Å²) in [6.45, 7) is 7.51. The van der Waals surface area contributed by atoms with E-state index in [1.807, 2.05) is 13.8 Å². The van der Waals surface area contributed by atoms with E-state index in [4.69, 9.17) is 4.52 Å². The van der Waals surface area contributed by atoms with Gasteiger partial charge in [0.05, 0.1) is 17.8 Å². The third-order valence-corrected chi connectivity index (χ3v) is 7.44. The number of benzene rings is 2. The largest absolute Gasteiger partial charge is 0.391 e. The molecule has 8 nitrogen and oxygen atoms in total. The van der Waals surface area contributed by atoms with Crippen LogP contribution in [0.1, 0.15) is 50.1 Å². The average Bonchev–Trinajstić information content (AvgIpc) is 3.57. The van der Waals surface area contributed by atoms with E-state index in [9.17, 15) is 19.1 Å². The van der Waals surface area contributed by atoms with E-state index in [2.05, 4.69) is 15.5 Å². The first-order chi connectivity index (χ1) is 18.1. The van der Waals surface area contributed by atoms with Crippen LogP contribution in [0.2, 0.25) is 0 Å². The van der Waals surface area contributed by atoms with Crippen LogP contribution in [0.4, 0.5) is 4.39 Å². The second kappa shape index (κ2) is 9.79. The van der Waals surface area contributed by atoms with Crippen LogP contribution in [0.5, 0.6) is 0 Å². The van der Waals surface area contributed by atoms with Crippen molar-refractivity contribution < 1.29 is 23.6 Å². The SMILES string of the molecule is Cc1cc([C@@H](C(=O)N2C[C@H](O)C[C@H]2C2=NC(=O)[C@](C)(c3ccc(-c4ccccc4F)cc3)N2)C(C)C)on1. The Bertz CT molecular complexity index is 1400. The third-order valence-electron chi connectivity index (χ3n) is 7.44. The van der Waals surface area contributed by atoms with E-state index < -0.39 is 29.5 Å². The van der Waals surface area contributed by atoms with Crippen LogP contribution in [0.25, 0.3) is 11.1 Å². The van der Waals surface area contributed by atoms with E-state index in [-0.39, 0.29) is 30.6 Å². The van der Waals surface area contributed by atoms with Crippen molar-refractivity contribution in [3.05, 3.63) is 77.4 Å². The molecule has 0 bridgehead atoms. The maximum atomic E-state index is 14.2. The van der Waals surface area contributed by atoms with Crippen molar-refractivity contribution in [3.8, 4) is 11.1 Å². The van der Waals surface area contributed by atoms with Crippen LogP contribution >= 0.6 is 0 Å². The first kappa shape index (κ1) is 25.8. The fraction of sp³-hybridized carbons (Fsp3) is 0.379. The molecule has 1 fully saturated rings. The quantitative estimate of drug-likeness (QED) is 0.512. The number of hydrogen-bond donors (Lipinski definition) is 2. The molecule has 2 N–H and O–H groups in total. The molecule has 198 valence electrons. The van der Waals surface area contributed by atoms with Crippen LogP contribution in [-0.2, 0) is 15.1 Å². The summed E-state index contributed by atoms with van der Waals surface area (Å²) in [5.74, 6) is -0.775. The predicted octanol–water partition coefficient (Wildman–Crippen LogP) is 3.93. The Morgan fingerprint density at radius 1 is 1.21 bits per heavy atom. The summed E-state index contributed by atoms with van der Waals surface area (Å²) in [7, 11) is 0. The fourth-order valence-electron chi connectivity index (χ4n) is 5.35. The molecule has 4 atom stereocenters. The molecule has 1 aromatic heterocycles. The number of aliphatic hydroxyl groups excluding tert-OH is 1. The van der Waals surface area contributed by atoms with Crippen molar-refractivity contribution >= 4 is 17.6 Å². The number of aryl methyl sites for hydroxylation is 1. The lowest BCUT2D eigenvalue weighted by Gasteiger charge is -2.31. The van der Waals surface area contributed by atoms with Gasteiger partial charge in [-0.15, -0.1) is 0 Å². The lowest BCUT2D eigenvalue weighted by molar-refractivity contribution is -0.134. The van der Waals surface area contributed by atoms with Crippen LogP contribution in [0.3, 0.4) is 0 Å². The molecule has 9 heteroatoms. The average molecular weight is 519 g/mol. The van der Waals surface area contributed by atoms with Gasteiger partial charge >= 0.3 is 0 Å². The first-order valence-corrected chi connectivity index (χ1v) is 12.8. The van der Waals surface area contributed by atoms with Crippen LogP contribution in [0, 0.1) is 18.7 Å². The minimum Gasteiger partial charge on any atom is -0.391 e. The van der Waals surface area contributed by atoms with E-state index in [1.54, 1.807) is 67.3 Å². The zero-order valence-corrected chi connectivity index (χ0v) is 21.8. The normalized spacial score (nSPS) is 24.0. The Balaban J connectivity index is 1.39. The minimum absolute atomic E-state index is 0.0772. The van der Waals surface area contributed by atoms with Crippen molar-refractivity contribution in [1.29, 1.82) is 0 Å². The summed E-state index contributed by atoms with van der Waals surface area (Å²) in [6, 6.07) is 14.8. The number of carbonyl (C=O) groups excluding carboxylic acids is 2. The van der Waals surface area contributed by atoms with Crippen LogP contribution in [0.15, 0.2) is 64.1 Å². The molecule has 0 unspecified atom stereocenters. The number of nitrogens with zero attached hydrogens (tertiary/aromatic N) is 3. The van der Waals surface area contributed by atoms with Gasteiger partial charge < -0.3 is 19.8 Å². The highest BCUT2D eigenvalue weighted by Crippen LogP contribution is 2.35. The van der Waals surface area contributed by atoms with Gasteiger partial charge in [0, 0.05) is 24.6 Å². The number of amides is 2. The minimum atomic E-state index is -1.16. The summed E-state index contributed by atoms with van der Waals surface area (Å²) in [4.78, 5) is 32.8. The van der Waals surface area contributed by atoms with Crippen molar-refractivity contribution in [2.24, 2.45) is 10.9 Å². The maximum absolute atomic E-state index is 14.2. The molecule has 5 rings (SSSR count). The van der Waals surface area contributed by atoms with Crippen molar-refractivity contribution in [2.45, 2.75) is 57.7 Å². The molecule has 0 spiro atoms. The van der Waals surface area contributed by atoms with Gasteiger partial charge in [-0.1, -0.05) is 61.5 Å². The molecular weight excluding hydrogens is 487 g/mol. The van der Waals surface area contributed by atoms with Gasteiger partial charge in [0.1, 0.15) is 28.9 Å². The molecule has 3 heterocycles. The summed E-state index contributed by atoms with van der Waals surface area (Å²) in [6.07, 6.45) is -0.493. The Kier molecular flexibility index (Phi) is 6.65. The molecule has 1 saturated heterocycles. The number of aliphatic hydroxyl groups is 1. The highest BCUT2D eigenvalue weighted by Gasteiger charge is 2.48. The second-order valence-corrected chi connectivity index (χ2v) is 10.6. The molecule has 2 aliphatic heterocycles. The van der Waals surface area contributed by atoms with Gasteiger partial charge in [-0.25, -0.2) is 4.39 Å². The van der Waals surface area contributed by atoms with Gasteiger partial charge in [-0.2, -0.15) is 4.99 Å². The Hall–Kier alpha value is -3.85. The number of hydrogen-bond acceptors (Lipinski definition) is 6. The number of carbonyl (C=O) groups is 2. The zero-order chi connectivity index (χ0) is 27.2. The maximum Gasteiger partial charge on any atom is 0.277 e. The molecule has 2 aromatic carbocycles. The molecular formula is C29H31FN4O4.